The van der Waals surface area contributed by atoms with Crippen LogP contribution >= 0.6 is 0 Å². The third-order valence-corrected chi connectivity index (χ3v) is 5.08. The molecule has 0 radical (unpaired) electrons. The molecule has 2 amide bonds. The number of nitrogens with one attached hydrogen (secondary N) is 3. The van der Waals surface area contributed by atoms with Gasteiger partial charge >= 0.3 is 0 Å². The Morgan fingerprint density at radius 1 is 1.06 bits per heavy atom. The first-order valence-electron chi connectivity index (χ1n) is 10.5. The predicted molar refractivity (Wildman–Crippen MR) is 125 cm³/mol. The van der Waals surface area contributed by atoms with Crippen molar-refractivity contribution in [3.8, 4) is 5.75 Å². The first-order valence-corrected chi connectivity index (χ1v) is 10.5. The number of aromatic nitrogens is 2. The topological polar surface area (TPSA) is 127 Å². The van der Waals surface area contributed by atoms with E-state index in [1.54, 1.807) is 31.4 Å². The van der Waals surface area contributed by atoms with Crippen LogP contribution in [0.5, 0.6) is 5.75 Å². The Bertz CT molecular complexity index is 1360. The monoisotopic (exact) mass is 461 g/mol. The lowest BCUT2D eigenvalue weighted by Gasteiger charge is -2.11. The number of amides is 2. The summed E-state index contributed by atoms with van der Waals surface area (Å²) in [5, 5.41) is 8.32. The second-order valence-electron chi connectivity index (χ2n) is 7.33. The SMILES string of the molecule is COc1ccccc1CNC(=O)CNc1cnc2ccc(C(=O)NCc3ccco3)cn2c1=O. The lowest BCUT2D eigenvalue weighted by molar-refractivity contribution is -0.119. The van der Waals surface area contributed by atoms with E-state index >= 15 is 0 Å². The lowest BCUT2D eigenvalue weighted by Crippen LogP contribution is -2.31. The van der Waals surface area contributed by atoms with Crippen molar-refractivity contribution < 1.29 is 18.7 Å². The molecular formula is C24H23N5O5. The number of nitrogens with zero attached hydrogens (tertiary/aromatic N) is 2. The zero-order valence-electron chi connectivity index (χ0n) is 18.4. The van der Waals surface area contributed by atoms with Crippen molar-refractivity contribution in [2.75, 3.05) is 19.0 Å². The molecule has 0 saturated carbocycles. The Morgan fingerprint density at radius 3 is 2.71 bits per heavy atom. The number of rotatable bonds is 9. The van der Waals surface area contributed by atoms with Crippen molar-refractivity contribution >= 4 is 23.1 Å². The van der Waals surface area contributed by atoms with Gasteiger partial charge in [-0.1, -0.05) is 18.2 Å². The van der Waals surface area contributed by atoms with Gasteiger partial charge in [-0.25, -0.2) is 4.98 Å². The molecular weight excluding hydrogens is 438 g/mol. The van der Waals surface area contributed by atoms with Gasteiger partial charge in [0.15, 0.2) is 0 Å². The lowest BCUT2D eigenvalue weighted by atomic mass is 10.2. The molecule has 0 aliphatic carbocycles. The molecule has 3 aromatic heterocycles. The van der Waals surface area contributed by atoms with Gasteiger partial charge < -0.3 is 25.1 Å². The Morgan fingerprint density at radius 2 is 1.91 bits per heavy atom. The summed E-state index contributed by atoms with van der Waals surface area (Å²) in [7, 11) is 1.57. The average molecular weight is 461 g/mol. The van der Waals surface area contributed by atoms with E-state index in [9.17, 15) is 14.4 Å². The maximum atomic E-state index is 12.9. The number of anilines is 1. The molecule has 34 heavy (non-hydrogen) atoms. The van der Waals surface area contributed by atoms with Gasteiger partial charge in [0, 0.05) is 18.3 Å². The number of benzene rings is 1. The summed E-state index contributed by atoms with van der Waals surface area (Å²) in [6, 6.07) is 14.0. The van der Waals surface area contributed by atoms with Crippen LogP contribution in [0.4, 0.5) is 5.69 Å². The molecule has 4 aromatic rings. The standard InChI is InChI=1S/C24H23N5O5/c1-33-20-7-3-2-5-16(20)11-27-22(30)14-25-19-13-26-21-9-8-17(15-29(21)24(19)32)23(31)28-12-18-6-4-10-34-18/h2-10,13,15,25H,11-12,14H2,1H3,(H,27,30)(H,28,31). The molecule has 1 aromatic carbocycles. The summed E-state index contributed by atoms with van der Waals surface area (Å²) >= 11 is 0. The molecule has 0 bridgehead atoms. The number of carbonyl (C=O) groups is 2. The molecule has 0 unspecified atom stereocenters. The maximum Gasteiger partial charge on any atom is 0.281 e. The van der Waals surface area contributed by atoms with Crippen LogP contribution in [0.15, 0.2) is 76.4 Å². The summed E-state index contributed by atoms with van der Waals surface area (Å²) in [6.07, 6.45) is 4.30. The van der Waals surface area contributed by atoms with Crippen molar-refractivity contribution in [1.82, 2.24) is 20.0 Å². The molecule has 0 saturated heterocycles. The van der Waals surface area contributed by atoms with Crippen LogP contribution in [0.25, 0.3) is 5.65 Å². The predicted octanol–water partition coefficient (Wildman–Crippen LogP) is 1.95. The highest BCUT2D eigenvalue weighted by Gasteiger charge is 2.12. The highest BCUT2D eigenvalue weighted by Crippen LogP contribution is 2.16. The van der Waals surface area contributed by atoms with Crippen molar-refractivity contribution in [3.05, 3.63) is 94.4 Å². The summed E-state index contributed by atoms with van der Waals surface area (Å²) in [6.45, 7) is 0.389. The zero-order chi connectivity index (χ0) is 23.9. The number of ether oxygens (including phenoxy) is 1. The van der Waals surface area contributed by atoms with E-state index in [1.807, 2.05) is 24.3 Å². The molecule has 3 heterocycles. The van der Waals surface area contributed by atoms with E-state index in [0.29, 0.717) is 17.2 Å². The van der Waals surface area contributed by atoms with Gasteiger partial charge in [-0.3, -0.25) is 18.8 Å². The fourth-order valence-corrected chi connectivity index (χ4v) is 3.30. The van der Waals surface area contributed by atoms with Gasteiger partial charge in [-0.15, -0.1) is 0 Å². The van der Waals surface area contributed by atoms with E-state index in [4.69, 9.17) is 9.15 Å². The zero-order valence-corrected chi connectivity index (χ0v) is 18.4. The number of para-hydroxylation sites is 1. The Hall–Kier alpha value is -4.60. The second kappa shape index (κ2) is 10.3. The maximum absolute atomic E-state index is 12.9. The van der Waals surface area contributed by atoms with Crippen molar-refractivity contribution in [1.29, 1.82) is 0 Å². The minimum absolute atomic E-state index is 0.124. The molecule has 0 atom stereocenters. The number of carbonyl (C=O) groups excluding carboxylic acids is 2. The minimum Gasteiger partial charge on any atom is -0.496 e. The summed E-state index contributed by atoms with van der Waals surface area (Å²) in [4.78, 5) is 41.9. The fourth-order valence-electron chi connectivity index (χ4n) is 3.30. The Balaban J connectivity index is 1.40. The molecule has 4 rings (SSSR count). The molecule has 0 fully saturated rings. The van der Waals surface area contributed by atoms with Gasteiger partial charge in [0.05, 0.1) is 38.2 Å². The van der Waals surface area contributed by atoms with E-state index in [-0.39, 0.29) is 42.7 Å². The van der Waals surface area contributed by atoms with Gasteiger partial charge in [0.2, 0.25) is 5.91 Å². The number of furan rings is 1. The van der Waals surface area contributed by atoms with E-state index in [1.165, 1.54) is 23.1 Å². The minimum atomic E-state index is -0.428. The molecule has 10 heteroatoms. The molecule has 10 nitrogen and oxygen atoms in total. The third-order valence-electron chi connectivity index (χ3n) is 5.08. The molecule has 0 spiro atoms. The van der Waals surface area contributed by atoms with Crippen molar-refractivity contribution in [3.63, 3.8) is 0 Å². The van der Waals surface area contributed by atoms with Crippen LogP contribution in [0, 0.1) is 0 Å². The van der Waals surface area contributed by atoms with Gasteiger partial charge in [-0.2, -0.15) is 0 Å². The number of hydrogen-bond donors (Lipinski definition) is 3. The Labute approximate surface area is 194 Å². The molecule has 3 N–H and O–H groups in total. The number of methoxy groups -OCH3 is 1. The molecule has 174 valence electrons. The fraction of sp³-hybridized carbons (Fsp3) is 0.167. The summed E-state index contributed by atoms with van der Waals surface area (Å²) in [5.74, 6) is 0.626. The van der Waals surface area contributed by atoms with E-state index in [2.05, 4.69) is 20.9 Å². The number of fused-ring (bicyclic) bond motifs is 1. The quantitative estimate of drug-likeness (QED) is 0.348. The molecule has 0 aliphatic heterocycles. The Kier molecular flexibility index (Phi) is 6.87. The third kappa shape index (κ3) is 5.23. The number of hydrogen-bond acceptors (Lipinski definition) is 7. The van der Waals surface area contributed by atoms with Crippen LogP contribution < -0.4 is 26.2 Å². The highest BCUT2D eigenvalue weighted by molar-refractivity contribution is 5.94. The van der Waals surface area contributed by atoms with Gasteiger partial charge in [-0.05, 0) is 30.3 Å². The van der Waals surface area contributed by atoms with Crippen LogP contribution in [-0.2, 0) is 17.9 Å². The smallest absolute Gasteiger partial charge is 0.281 e. The van der Waals surface area contributed by atoms with Crippen molar-refractivity contribution in [2.24, 2.45) is 0 Å². The normalized spacial score (nSPS) is 10.6. The molecule has 0 aliphatic rings. The first kappa shape index (κ1) is 22.6. The van der Waals surface area contributed by atoms with Crippen LogP contribution in [0.2, 0.25) is 0 Å². The van der Waals surface area contributed by atoms with Crippen molar-refractivity contribution in [2.45, 2.75) is 13.1 Å². The second-order valence-corrected chi connectivity index (χ2v) is 7.33. The van der Waals surface area contributed by atoms with Crippen LogP contribution in [-0.4, -0.2) is 34.9 Å². The van der Waals surface area contributed by atoms with E-state index in [0.717, 1.165) is 5.56 Å². The van der Waals surface area contributed by atoms with Gasteiger partial charge in [0.25, 0.3) is 11.5 Å². The largest absolute Gasteiger partial charge is 0.496 e. The summed E-state index contributed by atoms with van der Waals surface area (Å²) in [5.41, 5.74) is 1.21. The highest BCUT2D eigenvalue weighted by atomic mass is 16.5. The van der Waals surface area contributed by atoms with Gasteiger partial charge in [0.1, 0.15) is 22.8 Å². The summed E-state index contributed by atoms with van der Waals surface area (Å²) < 4.78 is 11.7. The van der Waals surface area contributed by atoms with Crippen LogP contribution in [0.3, 0.4) is 0 Å². The van der Waals surface area contributed by atoms with E-state index < -0.39 is 5.56 Å². The average Bonchev–Trinajstić information content (AvgIpc) is 3.39. The number of pyridine rings is 1. The van der Waals surface area contributed by atoms with Crippen LogP contribution in [0.1, 0.15) is 21.7 Å². The first-order chi connectivity index (χ1) is 16.5.